The number of aryl methyl sites for hydroxylation is 1. The van der Waals surface area contributed by atoms with Crippen molar-refractivity contribution < 1.29 is 9.53 Å². The third-order valence-electron chi connectivity index (χ3n) is 4.83. The SMILES string of the molecule is Cc1ccc(OCCN(C)C(=O)C2(n3cccn3)CCNCC2)cc1.Cl. The highest BCUT2D eigenvalue weighted by Gasteiger charge is 2.43. The number of rotatable bonds is 6. The quantitative estimate of drug-likeness (QED) is 0.837. The molecule has 26 heavy (non-hydrogen) atoms. The molecule has 0 radical (unpaired) electrons. The van der Waals surface area contributed by atoms with Crippen molar-refractivity contribution in [1.29, 1.82) is 0 Å². The number of carbonyl (C=O) groups excluding carboxylic acids is 1. The van der Waals surface area contributed by atoms with E-state index in [1.54, 1.807) is 11.1 Å². The molecule has 7 heteroatoms. The topological polar surface area (TPSA) is 59.4 Å². The predicted octanol–water partition coefficient (Wildman–Crippen LogP) is 2.23. The Morgan fingerprint density at radius 3 is 2.62 bits per heavy atom. The van der Waals surface area contributed by atoms with Crippen molar-refractivity contribution in [2.24, 2.45) is 0 Å². The van der Waals surface area contributed by atoms with Crippen LogP contribution in [0.4, 0.5) is 0 Å². The average molecular weight is 379 g/mol. The maximum absolute atomic E-state index is 13.2. The molecule has 0 atom stereocenters. The summed E-state index contributed by atoms with van der Waals surface area (Å²) in [4.78, 5) is 15.0. The molecule has 0 spiro atoms. The van der Waals surface area contributed by atoms with Gasteiger partial charge in [0.05, 0.1) is 6.54 Å². The van der Waals surface area contributed by atoms with Gasteiger partial charge < -0.3 is 15.0 Å². The van der Waals surface area contributed by atoms with E-state index in [0.29, 0.717) is 13.2 Å². The Labute approximate surface area is 160 Å². The molecule has 1 aliphatic heterocycles. The first-order valence-corrected chi connectivity index (χ1v) is 8.78. The van der Waals surface area contributed by atoms with E-state index in [2.05, 4.69) is 10.4 Å². The van der Waals surface area contributed by atoms with Gasteiger partial charge in [-0.25, -0.2) is 0 Å². The van der Waals surface area contributed by atoms with Gasteiger partial charge in [-0.15, -0.1) is 12.4 Å². The highest BCUT2D eigenvalue weighted by molar-refractivity contribution is 5.85. The molecule has 1 aliphatic rings. The Bertz CT molecular complexity index is 682. The molecule has 0 bridgehead atoms. The zero-order chi connectivity index (χ0) is 17.7. The molecule has 1 saturated heterocycles. The Balaban J connectivity index is 0.00000243. The van der Waals surface area contributed by atoms with Crippen LogP contribution in [0.25, 0.3) is 0 Å². The number of ether oxygens (including phenoxy) is 1. The molecular formula is C19H27ClN4O2. The van der Waals surface area contributed by atoms with Crippen molar-refractivity contribution in [2.75, 3.05) is 33.3 Å². The van der Waals surface area contributed by atoms with Crippen LogP contribution in [0.5, 0.6) is 5.75 Å². The number of nitrogens with one attached hydrogen (secondary N) is 1. The predicted molar refractivity (Wildman–Crippen MR) is 104 cm³/mol. The molecule has 1 amide bonds. The number of halogens is 1. The summed E-state index contributed by atoms with van der Waals surface area (Å²) < 4.78 is 7.59. The number of benzene rings is 1. The van der Waals surface area contributed by atoms with Gasteiger partial charge in [0.2, 0.25) is 0 Å². The summed E-state index contributed by atoms with van der Waals surface area (Å²) in [7, 11) is 1.84. The summed E-state index contributed by atoms with van der Waals surface area (Å²) in [5, 5.41) is 7.69. The van der Waals surface area contributed by atoms with E-state index in [0.717, 1.165) is 31.7 Å². The lowest BCUT2D eigenvalue weighted by Gasteiger charge is -2.39. The number of hydrogen-bond donors (Lipinski definition) is 1. The number of amides is 1. The van der Waals surface area contributed by atoms with Crippen LogP contribution >= 0.6 is 12.4 Å². The molecular weight excluding hydrogens is 352 g/mol. The third kappa shape index (κ3) is 4.37. The van der Waals surface area contributed by atoms with Crippen LogP contribution in [-0.2, 0) is 10.3 Å². The Kier molecular flexibility index (Phi) is 7.06. The standard InChI is InChI=1S/C19H26N4O2.ClH/c1-16-4-6-17(7-5-16)25-15-14-22(2)18(24)19(8-11-20-12-9-19)23-13-3-10-21-23;/h3-7,10,13,20H,8-9,11-12,14-15H2,1-2H3;1H. The van der Waals surface area contributed by atoms with Gasteiger partial charge in [0.25, 0.3) is 5.91 Å². The van der Waals surface area contributed by atoms with Crippen LogP contribution in [0.15, 0.2) is 42.7 Å². The van der Waals surface area contributed by atoms with Crippen molar-refractivity contribution in [3.8, 4) is 5.75 Å². The fourth-order valence-corrected chi connectivity index (χ4v) is 3.30. The number of hydrogen-bond acceptors (Lipinski definition) is 4. The molecule has 2 heterocycles. The second-order valence-corrected chi connectivity index (χ2v) is 6.62. The minimum absolute atomic E-state index is 0. The van der Waals surface area contributed by atoms with E-state index in [-0.39, 0.29) is 18.3 Å². The van der Waals surface area contributed by atoms with Crippen LogP contribution in [0.3, 0.4) is 0 Å². The van der Waals surface area contributed by atoms with E-state index < -0.39 is 5.54 Å². The first-order valence-electron chi connectivity index (χ1n) is 8.78. The van der Waals surface area contributed by atoms with Gasteiger partial charge in [-0.2, -0.15) is 5.10 Å². The monoisotopic (exact) mass is 378 g/mol. The molecule has 1 aromatic heterocycles. The number of nitrogens with zero attached hydrogens (tertiary/aromatic N) is 3. The second kappa shape index (κ2) is 9.05. The summed E-state index contributed by atoms with van der Waals surface area (Å²) in [5.74, 6) is 0.931. The van der Waals surface area contributed by atoms with Crippen molar-refractivity contribution in [2.45, 2.75) is 25.3 Å². The van der Waals surface area contributed by atoms with Gasteiger partial charge in [0.1, 0.15) is 17.9 Å². The van der Waals surface area contributed by atoms with Gasteiger partial charge in [-0.05, 0) is 51.1 Å². The normalized spacial score (nSPS) is 15.8. The number of likely N-dealkylation sites (N-methyl/N-ethyl adjacent to an activating group) is 1. The Morgan fingerprint density at radius 1 is 1.31 bits per heavy atom. The molecule has 1 fully saturated rings. The van der Waals surface area contributed by atoms with Gasteiger partial charge in [0, 0.05) is 19.4 Å². The summed E-state index contributed by atoms with van der Waals surface area (Å²) in [6.07, 6.45) is 5.12. The smallest absolute Gasteiger partial charge is 0.250 e. The minimum atomic E-state index is -0.590. The molecule has 2 aromatic rings. The van der Waals surface area contributed by atoms with Crippen LogP contribution in [0, 0.1) is 6.92 Å². The van der Waals surface area contributed by atoms with E-state index in [1.165, 1.54) is 5.56 Å². The van der Waals surface area contributed by atoms with E-state index in [1.807, 2.05) is 55.2 Å². The van der Waals surface area contributed by atoms with Gasteiger partial charge >= 0.3 is 0 Å². The zero-order valence-corrected chi connectivity index (χ0v) is 16.2. The lowest BCUT2D eigenvalue weighted by atomic mass is 9.87. The maximum atomic E-state index is 13.2. The van der Waals surface area contributed by atoms with Crippen LogP contribution in [0.1, 0.15) is 18.4 Å². The number of piperidine rings is 1. The van der Waals surface area contributed by atoms with Crippen molar-refractivity contribution >= 4 is 18.3 Å². The van der Waals surface area contributed by atoms with Crippen LogP contribution in [0.2, 0.25) is 0 Å². The summed E-state index contributed by atoms with van der Waals surface area (Å²) >= 11 is 0. The number of aromatic nitrogens is 2. The van der Waals surface area contributed by atoms with E-state index >= 15 is 0 Å². The molecule has 0 unspecified atom stereocenters. The first kappa shape index (κ1) is 20.3. The molecule has 3 rings (SSSR count). The van der Waals surface area contributed by atoms with Gasteiger partial charge in [-0.3, -0.25) is 9.48 Å². The van der Waals surface area contributed by atoms with Crippen molar-refractivity contribution in [3.63, 3.8) is 0 Å². The van der Waals surface area contributed by atoms with Gasteiger partial charge in [0.15, 0.2) is 0 Å². The fourth-order valence-electron chi connectivity index (χ4n) is 3.30. The van der Waals surface area contributed by atoms with Crippen molar-refractivity contribution in [3.05, 3.63) is 48.3 Å². The Morgan fingerprint density at radius 2 is 2.00 bits per heavy atom. The molecule has 142 valence electrons. The minimum Gasteiger partial charge on any atom is -0.492 e. The van der Waals surface area contributed by atoms with Gasteiger partial charge in [-0.1, -0.05) is 17.7 Å². The lowest BCUT2D eigenvalue weighted by molar-refractivity contribution is -0.142. The maximum Gasteiger partial charge on any atom is 0.250 e. The molecule has 1 aromatic carbocycles. The highest BCUT2D eigenvalue weighted by atomic mass is 35.5. The van der Waals surface area contributed by atoms with Crippen molar-refractivity contribution in [1.82, 2.24) is 20.0 Å². The number of carbonyl (C=O) groups is 1. The van der Waals surface area contributed by atoms with Crippen LogP contribution in [-0.4, -0.2) is 53.9 Å². The fraction of sp³-hybridized carbons (Fsp3) is 0.474. The summed E-state index contributed by atoms with van der Waals surface area (Å²) in [6.45, 7) is 4.70. The average Bonchev–Trinajstić information content (AvgIpc) is 3.18. The molecule has 0 aliphatic carbocycles. The van der Waals surface area contributed by atoms with E-state index in [4.69, 9.17) is 4.74 Å². The largest absolute Gasteiger partial charge is 0.492 e. The Hall–Kier alpha value is -2.05. The molecule has 0 saturated carbocycles. The zero-order valence-electron chi connectivity index (χ0n) is 15.4. The second-order valence-electron chi connectivity index (χ2n) is 6.62. The lowest BCUT2D eigenvalue weighted by Crippen LogP contribution is -2.55. The molecule has 6 nitrogen and oxygen atoms in total. The third-order valence-corrected chi connectivity index (χ3v) is 4.83. The highest BCUT2D eigenvalue weighted by Crippen LogP contribution is 2.29. The summed E-state index contributed by atoms with van der Waals surface area (Å²) in [5.41, 5.74) is 0.611. The van der Waals surface area contributed by atoms with Crippen LogP contribution < -0.4 is 10.1 Å². The first-order chi connectivity index (χ1) is 12.1. The molecule has 1 N–H and O–H groups in total. The summed E-state index contributed by atoms with van der Waals surface area (Å²) in [6, 6.07) is 9.82. The van der Waals surface area contributed by atoms with E-state index in [9.17, 15) is 4.79 Å².